The van der Waals surface area contributed by atoms with E-state index >= 15 is 0 Å². The van der Waals surface area contributed by atoms with Gasteiger partial charge in [-0.1, -0.05) is 30.3 Å². The van der Waals surface area contributed by atoms with E-state index in [-0.39, 0.29) is 5.91 Å². The Morgan fingerprint density at radius 3 is 2.10 bits per heavy atom. The number of halogens is 3. The monoisotopic (exact) mass is 602 g/mol. The summed E-state index contributed by atoms with van der Waals surface area (Å²) in [7, 11) is -3.57. The number of likely N-dealkylation sites (tertiary alicyclic amines) is 1. The Morgan fingerprint density at radius 2 is 1.52 bits per heavy atom. The number of unbranched alkanes of at least 4 members (excludes halogenated alkanes) is 1. The van der Waals surface area contributed by atoms with Crippen LogP contribution < -0.4 is 9.50 Å². The number of hydrogen-bond acceptors (Lipinski definition) is 5. The summed E-state index contributed by atoms with van der Waals surface area (Å²) in [5.41, 5.74) is 4.33. The number of carbonyl (C=O) groups is 1. The fourth-order valence-corrected chi connectivity index (χ4v) is 5.91. The summed E-state index contributed by atoms with van der Waals surface area (Å²) in [5, 5.41) is 2.95. The number of alkyl halides is 3. The predicted octanol–water partition coefficient (Wildman–Crippen LogP) is 6.72. The first-order valence-corrected chi connectivity index (χ1v) is 15.9. The Hall–Kier alpha value is -3.37. The van der Waals surface area contributed by atoms with E-state index in [2.05, 4.69) is 16.3 Å². The van der Waals surface area contributed by atoms with Crippen molar-refractivity contribution in [1.29, 1.82) is 0 Å². The van der Waals surface area contributed by atoms with Crippen molar-refractivity contribution in [3.63, 3.8) is 0 Å². The lowest BCUT2D eigenvalue weighted by molar-refractivity contribution is -0.137. The molecule has 1 heterocycles. The molecule has 0 aliphatic carbocycles. The predicted molar refractivity (Wildman–Crippen MR) is 158 cm³/mol. The number of hydrogen-bond donors (Lipinski definition) is 1. The average Bonchev–Trinajstić information content (AvgIpc) is 2.94. The zero-order valence-corrected chi connectivity index (χ0v) is 24.9. The van der Waals surface area contributed by atoms with Gasteiger partial charge in [0.15, 0.2) is 0 Å². The van der Waals surface area contributed by atoms with Crippen LogP contribution in [0.5, 0.6) is 5.75 Å². The summed E-state index contributed by atoms with van der Waals surface area (Å²) in [6.07, 6.45) is 0.570. The van der Waals surface area contributed by atoms with Gasteiger partial charge in [-0.25, -0.2) is 0 Å². The highest BCUT2D eigenvalue weighted by Crippen LogP contribution is 2.34. The van der Waals surface area contributed by atoms with Crippen LogP contribution in [-0.2, 0) is 16.3 Å². The highest BCUT2D eigenvalue weighted by atomic mass is 32.2. The van der Waals surface area contributed by atoms with E-state index < -0.39 is 21.9 Å². The van der Waals surface area contributed by atoms with Crippen LogP contribution in [0.15, 0.2) is 60.7 Å². The summed E-state index contributed by atoms with van der Waals surface area (Å²) >= 11 is 0. The molecule has 1 aliphatic rings. The first kappa shape index (κ1) is 31.6. The zero-order chi connectivity index (χ0) is 30.5. The van der Waals surface area contributed by atoms with Gasteiger partial charge in [0.25, 0.3) is 5.91 Å². The Kier molecular flexibility index (Phi) is 9.99. The van der Waals surface area contributed by atoms with Gasteiger partial charge in [0, 0.05) is 12.1 Å². The molecule has 3 aromatic rings. The van der Waals surface area contributed by atoms with Crippen molar-refractivity contribution in [2.24, 2.45) is 0 Å². The molecule has 0 radical (unpaired) electrons. The normalized spacial score (nSPS) is 15.0. The molecule has 3 aromatic carbocycles. The highest BCUT2D eigenvalue weighted by Gasteiger charge is 2.30. The Balaban J connectivity index is 1.17. The third kappa shape index (κ3) is 8.58. The standard InChI is InChI=1S/C32H37F3N2O4S/c1-22-21-30(41-42(3,39)40)23(2)20-29(22)26-14-18-37(19-15-26)17-5-4-16-36-31(38)27-8-6-24(7-9-27)25-10-12-28(13-11-25)32(33,34)35/h6-13,20-21,26H,4-5,14-19H2,1-3H3,(H,36,38). The van der Waals surface area contributed by atoms with Crippen molar-refractivity contribution < 1.29 is 30.6 Å². The molecular weight excluding hydrogens is 565 g/mol. The second-order valence-electron chi connectivity index (χ2n) is 11.0. The van der Waals surface area contributed by atoms with Gasteiger partial charge in [-0.3, -0.25) is 4.79 Å². The van der Waals surface area contributed by atoms with Crippen molar-refractivity contribution in [3.8, 4) is 16.9 Å². The number of aryl methyl sites for hydroxylation is 2. The SMILES string of the molecule is Cc1cc(C2CCN(CCCCNC(=O)c3ccc(-c4ccc(C(F)(F)F)cc4)cc3)CC2)c(C)cc1OS(C)(=O)=O. The van der Waals surface area contributed by atoms with Crippen molar-refractivity contribution in [1.82, 2.24) is 10.2 Å². The Morgan fingerprint density at radius 1 is 0.929 bits per heavy atom. The third-order valence-corrected chi connectivity index (χ3v) is 8.19. The lowest BCUT2D eigenvalue weighted by atomic mass is 9.85. The van der Waals surface area contributed by atoms with Crippen LogP contribution in [0.4, 0.5) is 13.2 Å². The van der Waals surface area contributed by atoms with Gasteiger partial charge in [0.05, 0.1) is 11.8 Å². The summed E-state index contributed by atoms with van der Waals surface area (Å²) in [6, 6.07) is 15.7. The molecule has 10 heteroatoms. The zero-order valence-electron chi connectivity index (χ0n) is 24.1. The van der Waals surface area contributed by atoms with Crippen molar-refractivity contribution in [2.75, 3.05) is 32.4 Å². The number of nitrogens with one attached hydrogen (secondary N) is 1. The van der Waals surface area contributed by atoms with Crippen molar-refractivity contribution >= 4 is 16.0 Å². The maximum absolute atomic E-state index is 12.8. The van der Waals surface area contributed by atoms with Gasteiger partial charge in [0.1, 0.15) is 5.75 Å². The molecule has 0 atom stereocenters. The van der Waals surface area contributed by atoms with E-state index in [0.29, 0.717) is 29.3 Å². The molecule has 1 aliphatic heterocycles. The van der Waals surface area contributed by atoms with Crippen molar-refractivity contribution in [3.05, 3.63) is 88.5 Å². The molecule has 0 bridgehead atoms. The van der Waals surface area contributed by atoms with Crippen LogP contribution in [0.2, 0.25) is 0 Å². The number of benzene rings is 3. The summed E-state index contributed by atoms with van der Waals surface area (Å²) in [5.74, 6) is 0.643. The van der Waals surface area contributed by atoms with Gasteiger partial charge in [-0.15, -0.1) is 0 Å². The van der Waals surface area contributed by atoms with Gasteiger partial charge in [0.2, 0.25) is 0 Å². The molecular formula is C32H37F3N2O4S. The number of rotatable bonds is 10. The fraction of sp³-hybridized carbons (Fsp3) is 0.406. The minimum absolute atomic E-state index is 0.173. The molecule has 1 fully saturated rings. The minimum atomic E-state index is -4.37. The molecule has 4 rings (SSSR count). The average molecular weight is 603 g/mol. The molecule has 42 heavy (non-hydrogen) atoms. The first-order valence-electron chi connectivity index (χ1n) is 14.1. The Labute approximate surface area is 246 Å². The first-order chi connectivity index (χ1) is 19.8. The summed E-state index contributed by atoms with van der Waals surface area (Å²) < 4.78 is 66.5. The van der Waals surface area contributed by atoms with E-state index in [0.717, 1.165) is 80.4 Å². The van der Waals surface area contributed by atoms with Crippen molar-refractivity contribution in [2.45, 2.75) is 51.6 Å². The van der Waals surface area contributed by atoms with Crippen LogP contribution in [0, 0.1) is 13.8 Å². The number of piperidine rings is 1. The molecule has 0 spiro atoms. The molecule has 6 nitrogen and oxygen atoms in total. The quantitative estimate of drug-likeness (QED) is 0.206. The van der Waals surface area contributed by atoms with Gasteiger partial charge < -0.3 is 14.4 Å². The second kappa shape index (κ2) is 13.3. The van der Waals surface area contributed by atoms with Gasteiger partial charge in [-0.2, -0.15) is 21.6 Å². The number of amides is 1. The Bertz CT molecular complexity index is 1480. The topological polar surface area (TPSA) is 75.7 Å². The van der Waals surface area contributed by atoms with Gasteiger partial charge in [-0.05, 0) is 123 Å². The lowest BCUT2D eigenvalue weighted by Gasteiger charge is -2.33. The molecule has 226 valence electrons. The molecule has 0 aromatic heterocycles. The molecule has 1 N–H and O–H groups in total. The van der Waals surface area contributed by atoms with E-state index in [4.69, 9.17) is 4.18 Å². The minimum Gasteiger partial charge on any atom is -0.382 e. The van der Waals surface area contributed by atoms with E-state index in [1.807, 2.05) is 19.9 Å². The molecule has 1 saturated heterocycles. The molecule has 0 saturated carbocycles. The fourth-order valence-electron chi connectivity index (χ4n) is 5.40. The van der Waals surface area contributed by atoms with Crippen LogP contribution >= 0.6 is 0 Å². The number of carbonyl (C=O) groups excluding carboxylic acids is 1. The third-order valence-electron chi connectivity index (χ3n) is 7.71. The van der Waals surface area contributed by atoms with Crippen LogP contribution in [0.3, 0.4) is 0 Å². The van der Waals surface area contributed by atoms with Crippen LogP contribution in [0.1, 0.15) is 64.2 Å². The van der Waals surface area contributed by atoms with E-state index in [1.54, 1.807) is 24.3 Å². The summed E-state index contributed by atoms with van der Waals surface area (Å²) in [6.45, 7) is 7.37. The largest absolute Gasteiger partial charge is 0.416 e. The summed E-state index contributed by atoms with van der Waals surface area (Å²) in [4.78, 5) is 15.0. The molecule has 0 unspecified atom stereocenters. The smallest absolute Gasteiger partial charge is 0.382 e. The van der Waals surface area contributed by atoms with Crippen LogP contribution in [-0.4, -0.2) is 51.7 Å². The van der Waals surface area contributed by atoms with Gasteiger partial charge >= 0.3 is 16.3 Å². The van der Waals surface area contributed by atoms with E-state index in [9.17, 15) is 26.4 Å². The number of nitrogens with zero attached hydrogens (tertiary/aromatic N) is 1. The maximum atomic E-state index is 12.8. The highest BCUT2D eigenvalue weighted by molar-refractivity contribution is 7.86. The second-order valence-corrected chi connectivity index (χ2v) is 12.6. The lowest BCUT2D eigenvalue weighted by Crippen LogP contribution is -2.34. The van der Waals surface area contributed by atoms with E-state index in [1.165, 1.54) is 17.7 Å². The maximum Gasteiger partial charge on any atom is 0.416 e. The molecule has 1 amide bonds. The van der Waals surface area contributed by atoms with Crippen LogP contribution in [0.25, 0.3) is 11.1 Å².